The third kappa shape index (κ3) is 4.22. The first-order valence-corrected chi connectivity index (χ1v) is 10.8. The van der Waals surface area contributed by atoms with Gasteiger partial charge in [0.05, 0.1) is 0 Å². The van der Waals surface area contributed by atoms with Crippen molar-refractivity contribution in [3.8, 4) is 45.3 Å². The zero-order valence-electron chi connectivity index (χ0n) is 18.0. The average Bonchev–Trinajstić information content (AvgIpc) is 3.61. The molecule has 0 bridgehead atoms. The number of fused-ring (bicyclic) bond motifs is 1. The van der Waals surface area contributed by atoms with Gasteiger partial charge in [-0.3, -0.25) is 0 Å². The van der Waals surface area contributed by atoms with Crippen LogP contribution in [0.15, 0.2) is 73.3 Å². The van der Waals surface area contributed by atoms with E-state index in [1.165, 1.54) is 46.5 Å². The summed E-state index contributed by atoms with van der Waals surface area (Å²) in [4.78, 5) is 18.9. The van der Waals surface area contributed by atoms with Crippen LogP contribution in [0.1, 0.15) is 24.0 Å². The number of benzene rings is 2. The fourth-order valence-electron chi connectivity index (χ4n) is 4.66. The summed E-state index contributed by atoms with van der Waals surface area (Å²) in [6.07, 6.45) is 12.0. The Morgan fingerprint density at radius 3 is 1.30 bits per heavy atom. The fraction of sp³-hybridized carbons (Fsp3) is 0.154. The zero-order chi connectivity index (χ0) is 20.6. The molecule has 0 radical (unpaired) electrons. The van der Waals surface area contributed by atoms with Crippen LogP contribution in [0.25, 0.3) is 45.3 Å². The van der Waals surface area contributed by atoms with E-state index in [0.717, 1.165) is 35.6 Å². The summed E-state index contributed by atoms with van der Waals surface area (Å²) >= 11 is 0. The van der Waals surface area contributed by atoms with Crippen LogP contribution in [0.4, 0.5) is 0 Å². The molecule has 0 amide bonds. The van der Waals surface area contributed by atoms with Crippen molar-refractivity contribution in [1.29, 1.82) is 0 Å². The Labute approximate surface area is 204 Å². The predicted molar refractivity (Wildman–Crippen MR) is 138 cm³/mol. The lowest BCUT2D eigenvalue weighted by molar-refractivity contribution is 0.692. The highest BCUT2D eigenvalue weighted by Gasteiger charge is 2.22. The Morgan fingerprint density at radius 2 is 0.939 bits per heavy atom. The van der Waals surface area contributed by atoms with Gasteiger partial charge in [-0.15, -0.1) is 24.8 Å². The van der Waals surface area contributed by atoms with E-state index in [4.69, 9.17) is 0 Å². The van der Waals surface area contributed by atoms with E-state index in [9.17, 15) is 0 Å². The molecule has 0 atom stereocenters. The third-order valence-electron chi connectivity index (χ3n) is 6.21. The standard InChI is InChI=1S/C26H23N5.2ClH/c1-2-4-22-21(3-1)23(17-5-9-19(10-6-17)25-27-13-14-28-25)31-24(22)18-7-11-20(12-8-18)26-29-15-16-30-26;;/h5-16,31H,1-4H2,(H,27,28)(H,29,30);2*1H. The SMILES string of the molecule is Cl.Cl.c1c[nH]c(-c2ccc(-c3[nH]c(-c4ccc(-c5ncc[nH]5)cc4)c4c3CCCC4)cc2)n1. The zero-order valence-corrected chi connectivity index (χ0v) is 19.6. The Hall–Kier alpha value is -3.28. The van der Waals surface area contributed by atoms with E-state index >= 15 is 0 Å². The summed E-state index contributed by atoms with van der Waals surface area (Å²) in [5.41, 5.74) is 10.1. The average molecular weight is 478 g/mol. The summed E-state index contributed by atoms with van der Waals surface area (Å²) in [6.45, 7) is 0. The minimum Gasteiger partial charge on any atom is -0.354 e. The van der Waals surface area contributed by atoms with Gasteiger partial charge in [0.1, 0.15) is 11.6 Å². The molecule has 5 aromatic rings. The highest BCUT2D eigenvalue weighted by atomic mass is 35.5. The number of rotatable bonds is 4. The quantitative estimate of drug-likeness (QED) is 0.264. The van der Waals surface area contributed by atoms with Gasteiger partial charge in [-0.25, -0.2) is 9.97 Å². The highest BCUT2D eigenvalue weighted by molar-refractivity contribution is 5.85. The first-order chi connectivity index (χ1) is 15.4. The Kier molecular flexibility index (Phi) is 6.72. The molecule has 0 spiro atoms. The molecule has 3 aromatic heterocycles. The second-order valence-corrected chi connectivity index (χ2v) is 8.07. The van der Waals surface area contributed by atoms with Gasteiger partial charge < -0.3 is 15.0 Å². The molecular formula is C26H25Cl2N5. The Balaban J connectivity index is 0.00000130. The topological polar surface area (TPSA) is 73.2 Å². The maximum Gasteiger partial charge on any atom is 0.137 e. The highest BCUT2D eigenvalue weighted by Crippen LogP contribution is 2.39. The van der Waals surface area contributed by atoms with Crippen molar-refractivity contribution in [3.05, 3.63) is 84.4 Å². The monoisotopic (exact) mass is 477 g/mol. The number of aromatic nitrogens is 5. The minimum atomic E-state index is 0. The van der Waals surface area contributed by atoms with E-state index in [-0.39, 0.29) is 24.8 Å². The number of imidazole rings is 2. The van der Waals surface area contributed by atoms with Crippen molar-refractivity contribution in [2.45, 2.75) is 25.7 Å². The molecule has 168 valence electrons. The minimum absolute atomic E-state index is 0. The van der Waals surface area contributed by atoms with Gasteiger partial charge >= 0.3 is 0 Å². The van der Waals surface area contributed by atoms with Crippen LogP contribution >= 0.6 is 24.8 Å². The van der Waals surface area contributed by atoms with E-state index in [1.54, 1.807) is 12.4 Å². The molecule has 0 saturated heterocycles. The number of H-pyrrole nitrogens is 3. The van der Waals surface area contributed by atoms with E-state index < -0.39 is 0 Å². The van der Waals surface area contributed by atoms with Crippen molar-refractivity contribution < 1.29 is 0 Å². The van der Waals surface area contributed by atoms with Gasteiger partial charge in [0, 0.05) is 47.3 Å². The van der Waals surface area contributed by atoms with Gasteiger partial charge in [0.25, 0.3) is 0 Å². The lowest BCUT2D eigenvalue weighted by Gasteiger charge is -2.14. The van der Waals surface area contributed by atoms with Crippen LogP contribution in [0.5, 0.6) is 0 Å². The van der Waals surface area contributed by atoms with Gasteiger partial charge in [-0.05, 0) is 47.9 Å². The van der Waals surface area contributed by atoms with Crippen LogP contribution in [0, 0.1) is 0 Å². The number of nitrogens with zero attached hydrogens (tertiary/aromatic N) is 2. The molecule has 0 aliphatic heterocycles. The second kappa shape index (κ2) is 9.69. The summed E-state index contributed by atoms with van der Waals surface area (Å²) in [7, 11) is 0. The van der Waals surface area contributed by atoms with Gasteiger partial charge in [0.2, 0.25) is 0 Å². The van der Waals surface area contributed by atoms with E-state index in [0.29, 0.717) is 0 Å². The van der Waals surface area contributed by atoms with Crippen LogP contribution in [-0.2, 0) is 12.8 Å². The largest absolute Gasteiger partial charge is 0.354 e. The molecule has 0 saturated carbocycles. The van der Waals surface area contributed by atoms with Gasteiger partial charge in [-0.1, -0.05) is 48.5 Å². The molecule has 5 nitrogen and oxygen atoms in total. The normalized spacial score (nSPS) is 12.5. The molecule has 1 aliphatic rings. The molecule has 3 heterocycles. The van der Waals surface area contributed by atoms with Crippen molar-refractivity contribution in [2.75, 3.05) is 0 Å². The number of hydrogen-bond donors (Lipinski definition) is 3. The predicted octanol–water partition coefficient (Wildman–Crippen LogP) is 6.85. The molecular weight excluding hydrogens is 453 g/mol. The number of nitrogens with one attached hydrogen (secondary N) is 3. The molecule has 7 heteroatoms. The first kappa shape index (κ1) is 22.9. The second-order valence-electron chi connectivity index (χ2n) is 8.07. The molecule has 6 rings (SSSR count). The fourth-order valence-corrected chi connectivity index (χ4v) is 4.66. The molecule has 2 aromatic carbocycles. The van der Waals surface area contributed by atoms with Crippen LogP contribution in [-0.4, -0.2) is 24.9 Å². The maximum atomic E-state index is 4.36. The summed E-state index contributed by atoms with van der Waals surface area (Å²) in [5.74, 6) is 1.80. The van der Waals surface area contributed by atoms with Crippen molar-refractivity contribution in [3.63, 3.8) is 0 Å². The summed E-state index contributed by atoms with van der Waals surface area (Å²) in [6, 6.07) is 17.4. The number of hydrogen-bond acceptors (Lipinski definition) is 2. The number of aromatic amines is 3. The Morgan fingerprint density at radius 1 is 0.545 bits per heavy atom. The molecule has 1 aliphatic carbocycles. The Bertz CT molecular complexity index is 1200. The van der Waals surface area contributed by atoms with Crippen LogP contribution in [0.3, 0.4) is 0 Å². The smallest absolute Gasteiger partial charge is 0.137 e. The van der Waals surface area contributed by atoms with Crippen molar-refractivity contribution in [2.24, 2.45) is 0 Å². The number of halogens is 2. The molecule has 0 unspecified atom stereocenters. The van der Waals surface area contributed by atoms with Gasteiger partial charge in [-0.2, -0.15) is 0 Å². The molecule has 33 heavy (non-hydrogen) atoms. The van der Waals surface area contributed by atoms with Crippen LogP contribution in [0.2, 0.25) is 0 Å². The maximum absolute atomic E-state index is 4.36. The van der Waals surface area contributed by atoms with E-state index in [1.807, 2.05) is 12.4 Å². The van der Waals surface area contributed by atoms with Gasteiger partial charge in [0.15, 0.2) is 0 Å². The van der Waals surface area contributed by atoms with Crippen molar-refractivity contribution >= 4 is 24.8 Å². The molecule has 3 N–H and O–H groups in total. The van der Waals surface area contributed by atoms with Crippen LogP contribution < -0.4 is 0 Å². The third-order valence-corrected chi connectivity index (χ3v) is 6.21. The summed E-state index contributed by atoms with van der Waals surface area (Å²) < 4.78 is 0. The lowest BCUT2D eigenvalue weighted by atomic mass is 9.89. The summed E-state index contributed by atoms with van der Waals surface area (Å²) in [5, 5.41) is 0. The van der Waals surface area contributed by atoms with E-state index in [2.05, 4.69) is 73.5 Å². The first-order valence-electron chi connectivity index (χ1n) is 10.8. The van der Waals surface area contributed by atoms with Crippen molar-refractivity contribution in [1.82, 2.24) is 24.9 Å². The molecule has 0 fully saturated rings. The lowest BCUT2D eigenvalue weighted by Crippen LogP contribution is -2.01.